The van der Waals surface area contributed by atoms with Crippen LogP contribution in [-0.4, -0.2) is 29.8 Å². The highest BCUT2D eigenvalue weighted by atomic mass is 35.5. The first-order chi connectivity index (χ1) is 12.5. The molecule has 6 heteroatoms. The smallest absolute Gasteiger partial charge is 0.250 e. The summed E-state index contributed by atoms with van der Waals surface area (Å²) in [7, 11) is 0. The van der Waals surface area contributed by atoms with Crippen LogP contribution in [-0.2, 0) is 11.3 Å². The summed E-state index contributed by atoms with van der Waals surface area (Å²) in [6.45, 7) is 2.58. The molecular weight excluding hydrogens is 350 g/mol. The molecule has 0 unspecified atom stereocenters. The number of hydrogen-bond acceptors (Lipinski definition) is 3. The number of nitrogens with zero attached hydrogens (tertiary/aromatic N) is 1. The number of hydrogen-bond donors (Lipinski definition) is 2. The van der Waals surface area contributed by atoms with Crippen LogP contribution in [0.25, 0.3) is 0 Å². The monoisotopic (exact) mass is 371 g/mol. The molecule has 1 heterocycles. The van der Waals surface area contributed by atoms with E-state index < -0.39 is 5.91 Å². The lowest BCUT2D eigenvalue weighted by Crippen LogP contribution is -2.38. The standard InChI is InChI=1S/C20H22ClN3O2/c21-16-7-5-14(6-8-16)13-24-11-9-15(10-12-24)20(26)23-18-4-2-1-3-17(18)19(22)25/h1-8,15H,9-13H2,(H2,22,25)(H,23,26). The molecule has 0 atom stereocenters. The molecular formula is C20H22ClN3O2. The highest BCUT2D eigenvalue weighted by molar-refractivity contribution is 6.30. The molecule has 3 N–H and O–H groups in total. The minimum Gasteiger partial charge on any atom is -0.366 e. The van der Waals surface area contributed by atoms with Gasteiger partial charge in [0.1, 0.15) is 0 Å². The lowest BCUT2D eigenvalue weighted by Gasteiger charge is -2.31. The zero-order valence-corrected chi connectivity index (χ0v) is 15.2. The third-order valence-corrected chi connectivity index (χ3v) is 4.98. The zero-order valence-electron chi connectivity index (χ0n) is 14.5. The van der Waals surface area contributed by atoms with Gasteiger partial charge in [-0.3, -0.25) is 14.5 Å². The van der Waals surface area contributed by atoms with Crippen molar-refractivity contribution in [3.05, 3.63) is 64.7 Å². The summed E-state index contributed by atoms with van der Waals surface area (Å²) in [6, 6.07) is 14.7. The molecule has 1 aliphatic heterocycles. The Kier molecular flexibility index (Phi) is 5.91. The number of amides is 2. The molecule has 0 aliphatic carbocycles. The minimum atomic E-state index is -0.543. The molecule has 3 rings (SSSR count). The Hall–Kier alpha value is -2.37. The van der Waals surface area contributed by atoms with Crippen LogP contribution < -0.4 is 11.1 Å². The first-order valence-corrected chi connectivity index (χ1v) is 9.07. The number of halogens is 1. The average molecular weight is 372 g/mol. The number of primary amides is 1. The number of carbonyl (C=O) groups is 2. The zero-order chi connectivity index (χ0) is 18.5. The second kappa shape index (κ2) is 8.34. The summed E-state index contributed by atoms with van der Waals surface area (Å²) >= 11 is 5.92. The summed E-state index contributed by atoms with van der Waals surface area (Å²) < 4.78 is 0. The number of para-hydroxylation sites is 1. The van der Waals surface area contributed by atoms with Crippen LogP contribution in [0.1, 0.15) is 28.8 Å². The van der Waals surface area contributed by atoms with Crippen LogP contribution in [0.2, 0.25) is 5.02 Å². The maximum atomic E-state index is 12.5. The third kappa shape index (κ3) is 4.62. The molecule has 2 amide bonds. The molecule has 0 spiro atoms. The Morgan fingerprint density at radius 2 is 1.73 bits per heavy atom. The summed E-state index contributed by atoms with van der Waals surface area (Å²) in [6.07, 6.45) is 1.58. The van der Waals surface area contributed by atoms with Gasteiger partial charge in [-0.15, -0.1) is 0 Å². The number of nitrogens with one attached hydrogen (secondary N) is 1. The van der Waals surface area contributed by atoms with Crippen molar-refractivity contribution >= 4 is 29.1 Å². The number of nitrogens with two attached hydrogens (primary N) is 1. The van der Waals surface area contributed by atoms with Gasteiger partial charge in [0, 0.05) is 17.5 Å². The van der Waals surface area contributed by atoms with Crippen molar-refractivity contribution < 1.29 is 9.59 Å². The number of likely N-dealkylation sites (tertiary alicyclic amines) is 1. The van der Waals surface area contributed by atoms with Crippen LogP contribution in [0, 0.1) is 5.92 Å². The number of piperidine rings is 1. The van der Waals surface area contributed by atoms with Gasteiger partial charge >= 0.3 is 0 Å². The van der Waals surface area contributed by atoms with E-state index in [0.29, 0.717) is 11.3 Å². The second-order valence-electron chi connectivity index (χ2n) is 6.58. The van der Waals surface area contributed by atoms with Crippen molar-refractivity contribution in [2.45, 2.75) is 19.4 Å². The summed E-state index contributed by atoms with van der Waals surface area (Å²) in [5, 5.41) is 3.60. The SMILES string of the molecule is NC(=O)c1ccccc1NC(=O)C1CCN(Cc2ccc(Cl)cc2)CC1. The second-order valence-corrected chi connectivity index (χ2v) is 7.01. The van der Waals surface area contributed by atoms with Crippen molar-refractivity contribution in [1.82, 2.24) is 4.90 Å². The fraction of sp³-hybridized carbons (Fsp3) is 0.300. The van der Waals surface area contributed by atoms with E-state index in [9.17, 15) is 9.59 Å². The lowest BCUT2D eigenvalue weighted by atomic mass is 9.95. The number of rotatable bonds is 5. The van der Waals surface area contributed by atoms with E-state index in [1.165, 1.54) is 5.56 Å². The van der Waals surface area contributed by atoms with Gasteiger partial charge in [-0.05, 0) is 55.8 Å². The van der Waals surface area contributed by atoms with Crippen molar-refractivity contribution in [3.63, 3.8) is 0 Å². The van der Waals surface area contributed by atoms with Gasteiger partial charge < -0.3 is 11.1 Å². The molecule has 136 valence electrons. The highest BCUT2D eigenvalue weighted by Crippen LogP contribution is 2.22. The molecule has 0 radical (unpaired) electrons. The van der Waals surface area contributed by atoms with Gasteiger partial charge in [0.2, 0.25) is 5.91 Å². The molecule has 2 aromatic rings. The third-order valence-electron chi connectivity index (χ3n) is 4.73. The first kappa shape index (κ1) is 18.4. The molecule has 0 saturated carbocycles. The summed E-state index contributed by atoms with van der Waals surface area (Å²) in [4.78, 5) is 26.4. The fourth-order valence-corrected chi connectivity index (χ4v) is 3.37. The maximum absolute atomic E-state index is 12.5. The maximum Gasteiger partial charge on any atom is 0.250 e. The van der Waals surface area contributed by atoms with Gasteiger partial charge in [-0.25, -0.2) is 0 Å². The van der Waals surface area contributed by atoms with Gasteiger partial charge in [-0.2, -0.15) is 0 Å². The number of anilines is 1. The summed E-state index contributed by atoms with van der Waals surface area (Å²) in [5.74, 6) is -0.652. The Bertz CT molecular complexity index is 784. The van der Waals surface area contributed by atoms with E-state index >= 15 is 0 Å². The van der Waals surface area contributed by atoms with E-state index in [0.717, 1.165) is 37.5 Å². The minimum absolute atomic E-state index is 0.0511. The molecule has 2 aromatic carbocycles. The van der Waals surface area contributed by atoms with E-state index in [2.05, 4.69) is 10.2 Å². The predicted octanol–water partition coefficient (Wildman–Crippen LogP) is 3.29. The van der Waals surface area contributed by atoms with Crippen LogP contribution in [0.15, 0.2) is 48.5 Å². The van der Waals surface area contributed by atoms with Crippen LogP contribution >= 0.6 is 11.6 Å². The predicted molar refractivity (Wildman–Crippen MR) is 103 cm³/mol. The van der Waals surface area contributed by atoms with Gasteiger partial charge in [0.25, 0.3) is 5.91 Å². The van der Waals surface area contributed by atoms with E-state index in [4.69, 9.17) is 17.3 Å². The van der Waals surface area contributed by atoms with Crippen LogP contribution in [0.3, 0.4) is 0 Å². The van der Waals surface area contributed by atoms with Crippen molar-refractivity contribution in [3.8, 4) is 0 Å². The summed E-state index contributed by atoms with van der Waals surface area (Å²) in [5.41, 5.74) is 7.39. The van der Waals surface area contributed by atoms with Crippen LogP contribution in [0.5, 0.6) is 0 Å². The topological polar surface area (TPSA) is 75.4 Å². The number of carbonyl (C=O) groups excluding carboxylic acids is 2. The van der Waals surface area contributed by atoms with Gasteiger partial charge in [-0.1, -0.05) is 35.9 Å². The van der Waals surface area contributed by atoms with E-state index in [-0.39, 0.29) is 11.8 Å². The Morgan fingerprint density at radius 3 is 2.38 bits per heavy atom. The fourth-order valence-electron chi connectivity index (χ4n) is 3.24. The van der Waals surface area contributed by atoms with Crippen molar-refractivity contribution in [2.75, 3.05) is 18.4 Å². The molecule has 1 saturated heterocycles. The molecule has 0 bridgehead atoms. The molecule has 5 nitrogen and oxygen atoms in total. The Balaban J connectivity index is 1.54. The largest absolute Gasteiger partial charge is 0.366 e. The van der Waals surface area contributed by atoms with Crippen molar-refractivity contribution in [2.24, 2.45) is 11.7 Å². The van der Waals surface area contributed by atoms with Crippen LogP contribution in [0.4, 0.5) is 5.69 Å². The van der Waals surface area contributed by atoms with Gasteiger partial charge in [0.15, 0.2) is 0 Å². The normalized spacial score (nSPS) is 15.6. The van der Waals surface area contributed by atoms with E-state index in [1.54, 1.807) is 24.3 Å². The Labute approximate surface area is 158 Å². The molecule has 1 aliphatic rings. The average Bonchev–Trinajstić information content (AvgIpc) is 2.64. The van der Waals surface area contributed by atoms with E-state index in [1.807, 2.05) is 24.3 Å². The molecule has 26 heavy (non-hydrogen) atoms. The molecule has 0 aromatic heterocycles. The number of benzene rings is 2. The lowest BCUT2D eigenvalue weighted by molar-refractivity contribution is -0.121. The Morgan fingerprint density at radius 1 is 1.08 bits per heavy atom. The van der Waals surface area contributed by atoms with Gasteiger partial charge in [0.05, 0.1) is 11.3 Å². The molecule has 1 fully saturated rings. The quantitative estimate of drug-likeness (QED) is 0.846. The first-order valence-electron chi connectivity index (χ1n) is 8.69. The van der Waals surface area contributed by atoms with Crippen molar-refractivity contribution in [1.29, 1.82) is 0 Å². The highest BCUT2D eigenvalue weighted by Gasteiger charge is 2.25.